The predicted octanol–water partition coefficient (Wildman–Crippen LogP) is 3.09. The van der Waals surface area contributed by atoms with Gasteiger partial charge in [-0.2, -0.15) is 12.6 Å². The number of ether oxygens (including phenoxy) is 1. The predicted molar refractivity (Wildman–Crippen MR) is 108 cm³/mol. The number of alkyl carbamates (subject to hydrolysis) is 1. The van der Waals surface area contributed by atoms with E-state index in [-0.39, 0.29) is 6.61 Å². The van der Waals surface area contributed by atoms with Gasteiger partial charge in [0.15, 0.2) is 0 Å². The van der Waals surface area contributed by atoms with Gasteiger partial charge in [-0.15, -0.1) is 0 Å². The highest BCUT2D eigenvalue weighted by Crippen LogP contribution is 2.26. The van der Waals surface area contributed by atoms with Crippen LogP contribution in [0.5, 0.6) is 0 Å². The summed E-state index contributed by atoms with van der Waals surface area (Å²) in [6.45, 7) is 0.671. The number of aromatic nitrogens is 1. The fourth-order valence-corrected chi connectivity index (χ4v) is 2.97. The molecule has 0 aliphatic heterocycles. The topological polar surface area (TPSA) is 97.2 Å². The van der Waals surface area contributed by atoms with Crippen LogP contribution >= 0.6 is 12.6 Å². The Hall–Kier alpha value is -2.93. The number of nitrogens with two attached hydrogens (primary N) is 1. The number of amides is 2. The number of rotatable bonds is 7. The van der Waals surface area contributed by atoms with E-state index in [0.717, 1.165) is 27.6 Å². The Bertz CT molecular complexity index is 940. The molecule has 2 amide bonds. The van der Waals surface area contributed by atoms with Crippen molar-refractivity contribution in [1.82, 2.24) is 10.3 Å². The molecule has 3 aromatic rings. The van der Waals surface area contributed by atoms with E-state index in [1.807, 2.05) is 54.7 Å². The van der Waals surface area contributed by atoms with Crippen LogP contribution in [0.4, 0.5) is 4.79 Å². The molecule has 0 fully saturated rings. The van der Waals surface area contributed by atoms with Gasteiger partial charge >= 0.3 is 6.09 Å². The summed E-state index contributed by atoms with van der Waals surface area (Å²) in [7, 11) is 0. The van der Waals surface area contributed by atoms with Gasteiger partial charge in [-0.05, 0) is 35.2 Å². The zero-order valence-corrected chi connectivity index (χ0v) is 15.5. The molecule has 0 saturated heterocycles. The van der Waals surface area contributed by atoms with Crippen LogP contribution in [0.3, 0.4) is 0 Å². The zero-order valence-electron chi connectivity index (χ0n) is 14.6. The second-order valence-electron chi connectivity index (χ2n) is 6.16. The maximum absolute atomic E-state index is 11.8. The van der Waals surface area contributed by atoms with E-state index < -0.39 is 17.3 Å². The van der Waals surface area contributed by atoms with E-state index in [1.165, 1.54) is 0 Å². The molecule has 1 atom stereocenters. The lowest BCUT2D eigenvalue weighted by atomic mass is 10.0. The van der Waals surface area contributed by atoms with Crippen LogP contribution in [0, 0.1) is 0 Å². The van der Waals surface area contributed by atoms with E-state index >= 15 is 0 Å². The van der Waals surface area contributed by atoms with Gasteiger partial charge in [-0.3, -0.25) is 4.79 Å². The van der Waals surface area contributed by atoms with Gasteiger partial charge in [0.2, 0.25) is 5.91 Å². The zero-order chi connectivity index (χ0) is 19.2. The van der Waals surface area contributed by atoms with Crippen molar-refractivity contribution < 1.29 is 14.3 Å². The number of primary amides is 1. The van der Waals surface area contributed by atoms with Crippen molar-refractivity contribution in [2.45, 2.75) is 18.3 Å². The van der Waals surface area contributed by atoms with E-state index in [4.69, 9.17) is 10.5 Å². The minimum atomic E-state index is -0.650. The molecule has 1 heterocycles. The maximum atomic E-state index is 11.8. The van der Waals surface area contributed by atoms with E-state index in [2.05, 4.69) is 22.9 Å². The van der Waals surface area contributed by atoms with Crippen LogP contribution in [-0.2, 0) is 22.6 Å². The molecule has 27 heavy (non-hydrogen) atoms. The van der Waals surface area contributed by atoms with Gasteiger partial charge in [0.05, 0.1) is 0 Å². The number of hydrogen-bond acceptors (Lipinski definition) is 4. The fraction of sp³-hybridized carbons (Fsp3) is 0.200. The number of thiol groups is 1. The molecule has 7 heteroatoms. The fourth-order valence-electron chi connectivity index (χ4n) is 2.81. The Morgan fingerprint density at radius 3 is 2.70 bits per heavy atom. The molecule has 4 N–H and O–H groups in total. The smallest absolute Gasteiger partial charge is 0.407 e. The van der Waals surface area contributed by atoms with Gasteiger partial charge in [-0.25, -0.2) is 4.79 Å². The third-order valence-corrected chi connectivity index (χ3v) is 4.81. The minimum absolute atomic E-state index is 0.236. The average Bonchev–Trinajstić information content (AvgIpc) is 3.09. The molecule has 6 nitrogen and oxygen atoms in total. The SMILES string of the molecule is NC(=O)C(S)c1ccc2[nH]cc(CCNC(=O)OCc3ccccc3)c2c1. The van der Waals surface area contributed by atoms with Crippen molar-refractivity contribution in [3.05, 3.63) is 71.4 Å². The molecule has 0 bridgehead atoms. The summed E-state index contributed by atoms with van der Waals surface area (Å²) in [5, 5.41) is 3.08. The second-order valence-corrected chi connectivity index (χ2v) is 6.68. The van der Waals surface area contributed by atoms with Gasteiger partial charge in [0.25, 0.3) is 0 Å². The average molecular weight is 383 g/mol. The number of H-pyrrole nitrogens is 1. The highest BCUT2D eigenvalue weighted by Gasteiger charge is 2.14. The van der Waals surface area contributed by atoms with E-state index in [1.54, 1.807) is 0 Å². The first-order valence-corrected chi connectivity index (χ1v) is 9.08. The summed E-state index contributed by atoms with van der Waals surface area (Å²) in [5.74, 6) is -0.488. The Kier molecular flexibility index (Phi) is 6.03. The molecule has 0 radical (unpaired) electrons. The van der Waals surface area contributed by atoms with Crippen molar-refractivity contribution in [2.75, 3.05) is 6.54 Å². The highest BCUT2D eigenvalue weighted by molar-refractivity contribution is 7.81. The molecular formula is C20H21N3O3S. The van der Waals surface area contributed by atoms with Gasteiger partial charge in [0.1, 0.15) is 11.9 Å². The number of carbonyl (C=O) groups excluding carboxylic acids is 2. The van der Waals surface area contributed by atoms with Crippen molar-refractivity contribution in [3.63, 3.8) is 0 Å². The molecular weight excluding hydrogens is 362 g/mol. The first kappa shape index (κ1) is 18.8. The van der Waals surface area contributed by atoms with Crippen LogP contribution < -0.4 is 11.1 Å². The minimum Gasteiger partial charge on any atom is -0.445 e. The molecule has 3 rings (SSSR count). The summed E-state index contributed by atoms with van der Waals surface area (Å²) < 4.78 is 5.19. The van der Waals surface area contributed by atoms with E-state index in [0.29, 0.717) is 13.0 Å². The molecule has 0 aliphatic rings. The third kappa shape index (κ3) is 4.83. The van der Waals surface area contributed by atoms with Crippen LogP contribution in [0.25, 0.3) is 10.9 Å². The first-order chi connectivity index (χ1) is 13.0. The number of carbonyl (C=O) groups is 2. The number of aromatic amines is 1. The van der Waals surface area contributed by atoms with Crippen LogP contribution in [0.15, 0.2) is 54.7 Å². The second kappa shape index (κ2) is 8.64. The Labute approximate surface area is 162 Å². The monoisotopic (exact) mass is 383 g/mol. The van der Waals surface area contributed by atoms with Crippen LogP contribution in [0.1, 0.15) is 21.9 Å². The number of benzene rings is 2. The summed E-state index contributed by atoms with van der Waals surface area (Å²) >= 11 is 4.25. The Balaban J connectivity index is 1.56. The highest BCUT2D eigenvalue weighted by atomic mass is 32.1. The molecule has 1 unspecified atom stereocenters. The molecule has 2 aromatic carbocycles. The lowest BCUT2D eigenvalue weighted by Gasteiger charge is -2.08. The van der Waals surface area contributed by atoms with Crippen LogP contribution in [-0.4, -0.2) is 23.5 Å². The van der Waals surface area contributed by atoms with Crippen molar-refractivity contribution >= 4 is 35.5 Å². The largest absolute Gasteiger partial charge is 0.445 e. The lowest BCUT2D eigenvalue weighted by Crippen LogP contribution is -2.26. The maximum Gasteiger partial charge on any atom is 0.407 e. The van der Waals surface area contributed by atoms with Gasteiger partial charge in [0, 0.05) is 23.6 Å². The number of nitrogens with one attached hydrogen (secondary N) is 2. The number of hydrogen-bond donors (Lipinski definition) is 4. The molecule has 1 aromatic heterocycles. The van der Waals surface area contributed by atoms with Crippen molar-refractivity contribution in [1.29, 1.82) is 0 Å². The summed E-state index contributed by atoms with van der Waals surface area (Å²) in [6.07, 6.45) is 2.06. The van der Waals surface area contributed by atoms with Crippen molar-refractivity contribution in [2.24, 2.45) is 5.73 Å². The lowest BCUT2D eigenvalue weighted by molar-refractivity contribution is -0.117. The molecule has 0 saturated carbocycles. The van der Waals surface area contributed by atoms with E-state index in [9.17, 15) is 9.59 Å². The van der Waals surface area contributed by atoms with Gasteiger partial charge < -0.3 is 20.8 Å². The van der Waals surface area contributed by atoms with Gasteiger partial charge in [-0.1, -0.05) is 36.4 Å². The quantitative estimate of drug-likeness (QED) is 0.472. The number of fused-ring (bicyclic) bond motifs is 1. The van der Waals surface area contributed by atoms with Crippen LogP contribution in [0.2, 0.25) is 0 Å². The Morgan fingerprint density at radius 1 is 1.19 bits per heavy atom. The molecule has 0 aliphatic carbocycles. The molecule has 140 valence electrons. The summed E-state index contributed by atoms with van der Waals surface area (Å²) in [5.41, 5.74) is 8.98. The normalized spacial score (nSPS) is 11.9. The third-order valence-electron chi connectivity index (χ3n) is 4.25. The summed E-state index contributed by atoms with van der Waals surface area (Å²) in [6, 6.07) is 15.1. The first-order valence-electron chi connectivity index (χ1n) is 8.56. The Morgan fingerprint density at radius 2 is 1.96 bits per heavy atom. The molecule has 0 spiro atoms. The standard InChI is InChI=1S/C20H21N3O3S/c21-19(24)18(27)14-6-7-17-16(10-14)15(11-23-17)8-9-22-20(25)26-12-13-4-2-1-3-5-13/h1-7,10-11,18,23,27H,8-9,12H2,(H2,21,24)(H,22,25). The van der Waals surface area contributed by atoms with Crippen molar-refractivity contribution in [3.8, 4) is 0 Å². The summed E-state index contributed by atoms with van der Waals surface area (Å²) in [4.78, 5) is 26.4.